The van der Waals surface area contributed by atoms with Crippen LogP contribution in [0.15, 0.2) is 66.7 Å². The zero-order chi connectivity index (χ0) is 28.5. The number of methoxy groups -OCH3 is 1. The van der Waals surface area contributed by atoms with Crippen molar-refractivity contribution in [3.05, 3.63) is 88.4 Å². The highest BCUT2D eigenvalue weighted by molar-refractivity contribution is 6.31. The lowest BCUT2D eigenvalue weighted by molar-refractivity contribution is -0.136. The van der Waals surface area contributed by atoms with E-state index in [0.29, 0.717) is 35.8 Å². The Balaban J connectivity index is 1.14. The van der Waals surface area contributed by atoms with Gasteiger partial charge in [-0.15, -0.1) is 0 Å². The van der Waals surface area contributed by atoms with Crippen LogP contribution in [0.2, 0.25) is 5.02 Å². The van der Waals surface area contributed by atoms with Crippen LogP contribution in [0.25, 0.3) is 0 Å². The lowest BCUT2D eigenvalue weighted by atomic mass is 9.94. The molecule has 2 fully saturated rings. The fraction of sp³-hybridized carbons (Fsp3) is 0.344. The Labute approximate surface area is 245 Å². The van der Waals surface area contributed by atoms with E-state index in [2.05, 4.69) is 15.9 Å². The summed E-state index contributed by atoms with van der Waals surface area (Å²) in [4.78, 5) is 48.1. The van der Waals surface area contributed by atoms with Crippen LogP contribution in [-0.4, -0.2) is 73.9 Å². The minimum atomic E-state index is -0.317. The second-order valence-electron chi connectivity index (χ2n) is 10.8. The standard InChI is InChI=1S/C32H33ClN4O4/c1-41-25-10-4-9-24(19-25)34-15-17-35(18-16-34)30(38)23-8-6-14-36(20-23)28-13-5-11-26-29(28)32(40)37(31(26)39)21-22-7-2-3-12-27(22)33/h2-5,7,9-13,19,23H,6,8,14-18,20-21H2,1H3. The summed E-state index contributed by atoms with van der Waals surface area (Å²) in [5.41, 5.74) is 3.37. The number of piperazine rings is 1. The number of carbonyl (C=O) groups is 3. The lowest BCUT2D eigenvalue weighted by Crippen LogP contribution is -2.52. The van der Waals surface area contributed by atoms with Crippen molar-refractivity contribution in [3.63, 3.8) is 0 Å². The number of amides is 3. The first kappa shape index (κ1) is 27.1. The van der Waals surface area contributed by atoms with Gasteiger partial charge in [-0.2, -0.15) is 0 Å². The Morgan fingerprint density at radius 2 is 1.68 bits per heavy atom. The molecule has 0 aromatic heterocycles. The topological polar surface area (TPSA) is 73.4 Å². The second kappa shape index (κ2) is 11.4. The van der Waals surface area contributed by atoms with Crippen LogP contribution in [0.5, 0.6) is 5.75 Å². The molecule has 3 aliphatic heterocycles. The third-order valence-corrected chi connectivity index (χ3v) is 8.75. The number of hydrogen-bond acceptors (Lipinski definition) is 6. The molecule has 1 unspecified atom stereocenters. The van der Waals surface area contributed by atoms with Gasteiger partial charge in [0.05, 0.1) is 36.4 Å². The highest BCUT2D eigenvalue weighted by Crippen LogP contribution is 2.35. The molecule has 212 valence electrons. The third kappa shape index (κ3) is 5.24. The number of hydrogen-bond donors (Lipinski definition) is 0. The Kier molecular flexibility index (Phi) is 7.58. The van der Waals surface area contributed by atoms with Gasteiger partial charge in [0, 0.05) is 56.0 Å². The predicted molar refractivity (Wildman–Crippen MR) is 159 cm³/mol. The Bertz CT molecular complexity index is 1490. The maximum absolute atomic E-state index is 13.6. The fourth-order valence-corrected chi connectivity index (χ4v) is 6.36. The number of rotatable bonds is 6. The zero-order valence-electron chi connectivity index (χ0n) is 23.1. The van der Waals surface area contributed by atoms with Gasteiger partial charge in [-0.3, -0.25) is 19.3 Å². The minimum Gasteiger partial charge on any atom is -0.497 e. The Morgan fingerprint density at radius 1 is 0.902 bits per heavy atom. The number of halogens is 1. The molecule has 0 radical (unpaired) electrons. The van der Waals surface area contributed by atoms with Crippen molar-refractivity contribution in [2.75, 3.05) is 56.2 Å². The van der Waals surface area contributed by atoms with Crippen LogP contribution in [-0.2, 0) is 11.3 Å². The van der Waals surface area contributed by atoms with E-state index in [1.54, 1.807) is 19.2 Å². The number of anilines is 2. The third-order valence-electron chi connectivity index (χ3n) is 8.38. The lowest BCUT2D eigenvalue weighted by Gasteiger charge is -2.40. The molecule has 1 atom stereocenters. The molecule has 3 aromatic carbocycles. The van der Waals surface area contributed by atoms with Crippen molar-refractivity contribution < 1.29 is 19.1 Å². The van der Waals surface area contributed by atoms with Crippen LogP contribution in [0.3, 0.4) is 0 Å². The first-order valence-electron chi connectivity index (χ1n) is 14.1. The fourth-order valence-electron chi connectivity index (χ4n) is 6.17. The van der Waals surface area contributed by atoms with E-state index in [9.17, 15) is 14.4 Å². The van der Waals surface area contributed by atoms with Gasteiger partial charge < -0.3 is 19.4 Å². The molecule has 0 aliphatic carbocycles. The first-order chi connectivity index (χ1) is 19.9. The molecular weight excluding hydrogens is 540 g/mol. The normalized spacial score (nSPS) is 19.0. The van der Waals surface area contributed by atoms with Crippen molar-refractivity contribution in [2.45, 2.75) is 19.4 Å². The molecule has 3 aliphatic rings. The first-order valence-corrected chi connectivity index (χ1v) is 14.5. The average molecular weight is 573 g/mol. The maximum Gasteiger partial charge on any atom is 0.263 e. The van der Waals surface area contributed by atoms with Gasteiger partial charge in [-0.1, -0.05) is 41.9 Å². The van der Waals surface area contributed by atoms with Crippen LogP contribution in [0.1, 0.15) is 39.1 Å². The van der Waals surface area contributed by atoms with Gasteiger partial charge in [-0.25, -0.2) is 0 Å². The quantitative estimate of drug-likeness (QED) is 0.398. The monoisotopic (exact) mass is 572 g/mol. The Morgan fingerprint density at radius 3 is 2.46 bits per heavy atom. The summed E-state index contributed by atoms with van der Waals surface area (Å²) in [6, 6.07) is 20.7. The zero-order valence-corrected chi connectivity index (χ0v) is 23.8. The minimum absolute atomic E-state index is 0.119. The molecule has 0 saturated carbocycles. The summed E-state index contributed by atoms with van der Waals surface area (Å²) in [5.74, 6) is 0.195. The van der Waals surface area contributed by atoms with E-state index in [-0.39, 0.29) is 30.2 Å². The van der Waals surface area contributed by atoms with Gasteiger partial charge in [-0.05, 0) is 48.7 Å². The van der Waals surface area contributed by atoms with Crippen LogP contribution in [0.4, 0.5) is 11.4 Å². The highest BCUT2D eigenvalue weighted by Gasteiger charge is 2.40. The number of carbonyl (C=O) groups excluding carboxylic acids is 3. The van der Waals surface area contributed by atoms with Crippen LogP contribution < -0.4 is 14.5 Å². The van der Waals surface area contributed by atoms with Gasteiger partial charge in [0.2, 0.25) is 5.91 Å². The summed E-state index contributed by atoms with van der Waals surface area (Å²) < 4.78 is 5.36. The van der Waals surface area contributed by atoms with E-state index in [4.69, 9.17) is 16.3 Å². The van der Waals surface area contributed by atoms with E-state index in [1.165, 1.54) is 4.90 Å². The molecule has 8 nitrogen and oxygen atoms in total. The summed E-state index contributed by atoms with van der Waals surface area (Å²) in [7, 11) is 1.66. The van der Waals surface area contributed by atoms with Crippen LogP contribution in [0, 0.1) is 5.92 Å². The molecule has 0 N–H and O–H groups in total. The largest absolute Gasteiger partial charge is 0.497 e. The van der Waals surface area contributed by atoms with E-state index < -0.39 is 0 Å². The van der Waals surface area contributed by atoms with E-state index in [1.807, 2.05) is 53.4 Å². The molecular formula is C32H33ClN4O4. The van der Waals surface area contributed by atoms with Crippen molar-refractivity contribution in [1.29, 1.82) is 0 Å². The highest BCUT2D eigenvalue weighted by atomic mass is 35.5. The van der Waals surface area contributed by atoms with E-state index in [0.717, 1.165) is 55.2 Å². The molecule has 41 heavy (non-hydrogen) atoms. The predicted octanol–water partition coefficient (Wildman–Crippen LogP) is 4.71. The molecule has 0 bridgehead atoms. The summed E-state index contributed by atoms with van der Waals surface area (Å²) in [5, 5.41) is 0.519. The SMILES string of the molecule is COc1cccc(N2CCN(C(=O)C3CCCN(c4cccc5c4C(=O)N(Cc4ccccc4Cl)C5=O)C3)CC2)c1. The molecule has 0 spiro atoms. The number of ether oxygens (including phenoxy) is 1. The van der Waals surface area contributed by atoms with Gasteiger partial charge in [0.1, 0.15) is 5.75 Å². The molecule has 6 rings (SSSR count). The molecule has 3 amide bonds. The van der Waals surface area contributed by atoms with E-state index >= 15 is 0 Å². The molecule has 2 saturated heterocycles. The Hall–Kier alpha value is -4.04. The summed E-state index contributed by atoms with van der Waals surface area (Å²) >= 11 is 6.32. The molecule has 3 heterocycles. The molecule has 3 aromatic rings. The number of piperidine rings is 1. The summed E-state index contributed by atoms with van der Waals surface area (Å²) in [6.07, 6.45) is 1.65. The molecule has 9 heteroatoms. The van der Waals surface area contributed by atoms with Gasteiger partial charge in [0.25, 0.3) is 11.8 Å². The maximum atomic E-state index is 13.6. The van der Waals surface area contributed by atoms with Crippen molar-refractivity contribution in [2.24, 2.45) is 5.92 Å². The average Bonchev–Trinajstić information content (AvgIpc) is 3.26. The summed E-state index contributed by atoms with van der Waals surface area (Å²) in [6.45, 7) is 4.23. The second-order valence-corrected chi connectivity index (χ2v) is 11.2. The van der Waals surface area contributed by atoms with Gasteiger partial charge in [0.15, 0.2) is 0 Å². The van der Waals surface area contributed by atoms with Crippen molar-refractivity contribution in [3.8, 4) is 5.75 Å². The number of imide groups is 1. The van der Waals surface area contributed by atoms with Crippen molar-refractivity contribution >= 4 is 40.7 Å². The van der Waals surface area contributed by atoms with Crippen molar-refractivity contribution in [1.82, 2.24) is 9.80 Å². The smallest absolute Gasteiger partial charge is 0.263 e. The number of fused-ring (bicyclic) bond motifs is 1. The van der Waals surface area contributed by atoms with Crippen LogP contribution >= 0.6 is 11.6 Å². The number of nitrogens with zero attached hydrogens (tertiary/aromatic N) is 4. The van der Waals surface area contributed by atoms with Gasteiger partial charge >= 0.3 is 0 Å². The number of benzene rings is 3.